The summed E-state index contributed by atoms with van der Waals surface area (Å²) in [5.74, 6) is 0.858. The van der Waals surface area contributed by atoms with Gasteiger partial charge < -0.3 is 9.47 Å². The third-order valence-electron chi connectivity index (χ3n) is 4.00. The van der Waals surface area contributed by atoms with E-state index in [0.717, 1.165) is 18.4 Å². The van der Waals surface area contributed by atoms with Crippen LogP contribution >= 0.6 is 11.3 Å². The summed E-state index contributed by atoms with van der Waals surface area (Å²) in [6, 6.07) is 6.83. The molecule has 146 valence electrons. The summed E-state index contributed by atoms with van der Waals surface area (Å²) in [5, 5.41) is 1.86. The molecule has 0 aliphatic rings. The molecular formula is C20H26N2O4S. The van der Waals surface area contributed by atoms with Crippen molar-refractivity contribution in [1.29, 1.82) is 0 Å². The number of rotatable bonds is 8. The molecule has 1 aromatic carbocycles. The van der Waals surface area contributed by atoms with E-state index in [-0.39, 0.29) is 5.91 Å². The molecule has 2 amide bonds. The Morgan fingerprint density at radius 3 is 2.52 bits per heavy atom. The summed E-state index contributed by atoms with van der Waals surface area (Å²) in [7, 11) is 1.52. The number of hydrazine groups is 1. The number of aryl methyl sites for hydroxylation is 1. The Balaban J connectivity index is 1.98. The van der Waals surface area contributed by atoms with Crippen LogP contribution in [0.1, 0.15) is 52.8 Å². The van der Waals surface area contributed by atoms with Crippen molar-refractivity contribution in [2.45, 2.75) is 33.6 Å². The number of benzene rings is 1. The minimum Gasteiger partial charge on any atom is -0.493 e. The van der Waals surface area contributed by atoms with Crippen LogP contribution in [0.15, 0.2) is 29.6 Å². The van der Waals surface area contributed by atoms with Crippen molar-refractivity contribution < 1.29 is 19.1 Å². The fourth-order valence-electron chi connectivity index (χ4n) is 2.39. The van der Waals surface area contributed by atoms with Gasteiger partial charge >= 0.3 is 0 Å². The van der Waals surface area contributed by atoms with Gasteiger partial charge in [0.2, 0.25) is 0 Å². The minimum absolute atomic E-state index is 0.323. The molecule has 0 saturated heterocycles. The number of carbonyl (C=O) groups excluding carboxylic acids is 2. The van der Waals surface area contributed by atoms with Gasteiger partial charge in [-0.2, -0.15) is 0 Å². The number of carbonyl (C=O) groups is 2. The minimum atomic E-state index is -0.426. The first-order valence-corrected chi connectivity index (χ1v) is 9.82. The van der Waals surface area contributed by atoms with Crippen molar-refractivity contribution in [3.05, 3.63) is 45.6 Å². The molecule has 1 heterocycles. The van der Waals surface area contributed by atoms with Crippen molar-refractivity contribution >= 4 is 23.2 Å². The van der Waals surface area contributed by atoms with Gasteiger partial charge in [-0.15, -0.1) is 11.3 Å². The number of thiophene rings is 1. The standard InChI is InChI=1S/C20H26N2O4S/c1-5-14-9-11-27-18(14)20(24)22-21-19(23)15-6-7-16(17(12-15)25-4)26-10-8-13(2)3/h6-7,9,11-13H,5,8,10H2,1-4H3,(H,21,23)(H,22,24). The second-order valence-electron chi connectivity index (χ2n) is 6.43. The van der Waals surface area contributed by atoms with E-state index in [0.29, 0.717) is 34.5 Å². The van der Waals surface area contributed by atoms with Crippen LogP contribution < -0.4 is 20.3 Å². The van der Waals surface area contributed by atoms with E-state index in [1.54, 1.807) is 18.2 Å². The number of amides is 2. The highest BCUT2D eigenvalue weighted by atomic mass is 32.1. The Labute approximate surface area is 163 Å². The van der Waals surface area contributed by atoms with Gasteiger partial charge in [0.05, 0.1) is 18.6 Å². The van der Waals surface area contributed by atoms with Gasteiger partial charge in [-0.1, -0.05) is 20.8 Å². The Morgan fingerprint density at radius 2 is 1.85 bits per heavy atom. The van der Waals surface area contributed by atoms with Gasteiger partial charge in [-0.3, -0.25) is 20.4 Å². The molecule has 0 aliphatic heterocycles. The summed E-state index contributed by atoms with van der Waals surface area (Å²) >= 11 is 1.35. The molecule has 7 heteroatoms. The Morgan fingerprint density at radius 1 is 1.11 bits per heavy atom. The fourth-order valence-corrected chi connectivity index (χ4v) is 3.28. The lowest BCUT2D eigenvalue weighted by atomic mass is 10.1. The van der Waals surface area contributed by atoms with E-state index in [4.69, 9.17) is 9.47 Å². The molecule has 0 unspecified atom stereocenters. The average molecular weight is 391 g/mol. The van der Waals surface area contributed by atoms with Crippen molar-refractivity contribution in [3.63, 3.8) is 0 Å². The molecule has 0 aliphatic carbocycles. The fraction of sp³-hybridized carbons (Fsp3) is 0.400. The van der Waals surface area contributed by atoms with Crippen molar-refractivity contribution in [3.8, 4) is 11.5 Å². The number of hydrogen-bond acceptors (Lipinski definition) is 5. The number of nitrogens with one attached hydrogen (secondary N) is 2. The number of ether oxygens (including phenoxy) is 2. The molecule has 0 bridgehead atoms. The third-order valence-corrected chi connectivity index (χ3v) is 4.96. The monoisotopic (exact) mass is 390 g/mol. The van der Waals surface area contributed by atoms with Crippen LogP contribution in [0.5, 0.6) is 11.5 Å². The van der Waals surface area contributed by atoms with Crippen molar-refractivity contribution in [2.75, 3.05) is 13.7 Å². The SMILES string of the molecule is CCc1ccsc1C(=O)NNC(=O)c1ccc(OCCC(C)C)c(OC)c1. The van der Waals surface area contributed by atoms with Gasteiger partial charge in [0.15, 0.2) is 11.5 Å². The Bertz CT molecular complexity index is 786. The summed E-state index contributed by atoms with van der Waals surface area (Å²) in [6.45, 7) is 6.81. The summed E-state index contributed by atoms with van der Waals surface area (Å²) < 4.78 is 11.0. The largest absolute Gasteiger partial charge is 0.493 e. The smallest absolute Gasteiger partial charge is 0.280 e. The maximum absolute atomic E-state index is 12.3. The summed E-state index contributed by atoms with van der Waals surface area (Å²) in [6.07, 6.45) is 1.69. The second kappa shape index (κ2) is 9.97. The highest BCUT2D eigenvalue weighted by molar-refractivity contribution is 7.12. The molecule has 0 fully saturated rings. The molecule has 0 spiro atoms. The average Bonchev–Trinajstić information content (AvgIpc) is 3.14. The van der Waals surface area contributed by atoms with Crippen LogP contribution in [0, 0.1) is 5.92 Å². The first-order chi connectivity index (χ1) is 13.0. The van der Waals surface area contributed by atoms with Gasteiger partial charge in [0.25, 0.3) is 11.8 Å². The topological polar surface area (TPSA) is 76.7 Å². The van der Waals surface area contributed by atoms with Gasteiger partial charge in [0.1, 0.15) is 0 Å². The Hall–Kier alpha value is -2.54. The molecule has 0 atom stereocenters. The van der Waals surface area contributed by atoms with Crippen molar-refractivity contribution in [1.82, 2.24) is 10.9 Å². The predicted octanol–water partition coefficient (Wildman–Crippen LogP) is 3.82. The van der Waals surface area contributed by atoms with Crippen LogP contribution in [0.3, 0.4) is 0 Å². The van der Waals surface area contributed by atoms with Crippen LogP contribution in [-0.2, 0) is 6.42 Å². The molecule has 6 nitrogen and oxygen atoms in total. The van der Waals surface area contributed by atoms with Crippen LogP contribution in [0.4, 0.5) is 0 Å². The predicted molar refractivity (Wildman–Crippen MR) is 107 cm³/mol. The maximum atomic E-state index is 12.3. The van der Waals surface area contributed by atoms with E-state index < -0.39 is 5.91 Å². The highest BCUT2D eigenvalue weighted by Gasteiger charge is 2.15. The molecule has 1 aromatic heterocycles. The molecule has 0 radical (unpaired) electrons. The third kappa shape index (κ3) is 5.72. The van der Waals surface area contributed by atoms with Crippen LogP contribution in [0.2, 0.25) is 0 Å². The normalized spacial score (nSPS) is 10.6. The van der Waals surface area contributed by atoms with E-state index in [1.807, 2.05) is 18.4 Å². The molecule has 2 rings (SSSR count). The zero-order valence-electron chi connectivity index (χ0n) is 16.1. The molecule has 2 aromatic rings. The summed E-state index contributed by atoms with van der Waals surface area (Å²) in [5.41, 5.74) is 6.22. The highest BCUT2D eigenvalue weighted by Crippen LogP contribution is 2.28. The molecule has 27 heavy (non-hydrogen) atoms. The van der Waals surface area contributed by atoms with E-state index in [9.17, 15) is 9.59 Å². The first kappa shape index (κ1) is 20.8. The molecular weight excluding hydrogens is 364 g/mol. The number of hydrogen-bond donors (Lipinski definition) is 2. The number of methoxy groups -OCH3 is 1. The zero-order valence-corrected chi connectivity index (χ0v) is 16.9. The van der Waals surface area contributed by atoms with E-state index >= 15 is 0 Å². The zero-order chi connectivity index (χ0) is 19.8. The van der Waals surface area contributed by atoms with Crippen LogP contribution in [-0.4, -0.2) is 25.5 Å². The molecule has 0 saturated carbocycles. The van der Waals surface area contributed by atoms with Crippen molar-refractivity contribution in [2.24, 2.45) is 5.92 Å². The van der Waals surface area contributed by atoms with E-state index in [2.05, 4.69) is 24.7 Å². The summed E-state index contributed by atoms with van der Waals surface area (Å²) in [4.78, 5) is 25.1. The van der Waals surface area contributed by atoms with Gasteiger partial charge in [-0.05, 0) is 54.0 Å². The maximum Gasteiger partial charge on any atom is 0.280 e. The molecule has 2 N–H and O–H groups in total. The van der Waals surface area contributed by atoms with Gasteiger partial charge in [-0.25, -0.2) is 0 Å². The first-order valence-electron chi connectivity index (χ1n) is 8.94. The lowest BCUT2D eigenvalue weighted by molar-refractivity contribution is 0.0848. The van der Waals surface area contributed by atoms with E-state index in [1.165, 1.54) is 18.4 Å². The quantitative estimate of drug-likeness (QED) is 0.672. The van der Waals surface area contributed by atoms with Gasteiger partial charge in [0, 0.05) is 5.56 Å². The lowest BCUT2D eigenvalue weighted by Crippen LogP contribution is -2.41. The van der Waals surface area contributed by atoms with Crippen LogP contribution in [0.25, 0.3) is 0 Å². The lowest BCUT2D eigenvalue weighted by Gasteiger charge is -2.13. The Kier molecular flexibility index (Phi) is 7.67. The second-order valence-corrected chi connectivity index (χ2v) is 7.35.